The van der Waals surface area contributed by atoms with E-state index in [2.05, 4.69) is 15.3 Å². The zero-order valence-electron chi connectivity index (χ0n) is 14.6. The Kier molecular flexibility index (Phi) is 4.57. The number of hydrogen-bond acceptors (Lipinski definition) is 5. The molecule has 0 spiro atoms. The number of benzene rings is 1. The van der Waals surface area contributed by atoms with Crippen molar-refractivity contribution in [2.45, 2.75) is 13.5 Å². The molecule has 0 fully saturated rings. The average Bonchev–Trinajstić information content (AvgIpc) is 2.98. The normalized spacial score (nSPS) is 10.7. The van der Waals surface area contributed by atoms with Crippen molar-refractivity contribution in [2.24, 2.45) is 0 Å². The van der Waals surface area contributed by atoms with Crippen molar-refractivity contribution in [2.75, 3.05) is 14.1 Å². The van der Waals surface area contributed by atoms with Crippen molar-refractivity contribution in [1.29, 1.82) is 0 Å². The third-order valence-corrected chi connectivity index (χ3v) is 4.09. The standard InChI is InChI=1S/C18H18N4O4/c1-10-13(14-16(24)20-9-21-17(14)26-10)18(25)22(3)8-11-4-6-12(7-5-11)15(23)19-2/h4-7,9H,8H2,1-3H3,(H,19,23)(H,20,21,24). The van der Waals surface area contributed by atoms with E-state index in [0.29, 0.717) is 17.9 Å². The minimum Gasteiger partial charge on any atom is -0.442 e. The summed E-state index contributed by atoms with van der Waals surface area (Å²) in [6.45, 7) is 1.94. The Balaban J connectivity index is 1.86. The molecule has 3 aromatic rings. The van der Waals surface area contributed by atoms with Gasteiger partial charge in [0.1, 0.15) is 11.1 Å². The number of amides is 2. The quantitative estimate of drug-likeness (QED) is 0.737. The zero-order valence-corrected chi connectivity index (χ0v) is 14.6. The highest BCUT2D eigenvalue weighted by Crippen LogP contribution is 2.22. The molecule has 3 rings (SSSR count). The minimum atomic E-state index is -0.418. The highest BCUT2D eigenvalue weighted by molar-refractivity contribution is 6.06. The first-order chi connectivity index (χ1) is 12.4. The first-order valence-corrected chi connectivity index (χ1v) is 7.95. The molecule has 1 aromatic carbocycles. The van der Waals surface area contributed by atoms with E-state index < -0.39 is 5.56 Å². The Labute approximate surface area is 148 Å². The second kappa shape index (κ2) is 6.83. The van der Waals surface area contributed by atoms with Crippen LogP contribution in [0.5, 0.6) is 0 Å². The Hall–Kier alpha value is -3.42. The summed E-state index contributed by atoms with van der Waals surface area (Å²) in [5, 5.41) is 2.70. The molecule has 26 heavy (non-hydrogen) atoms. The molecule has 8 nitrogen and oxygen atoms in total. The van der Waals surface area contributed by atoms with Gasteiger partial charge in [-0.05, 0) is 24.6 Å². The highest BCUT2D eigenvalue weighted by atomic mass is 16.3. The minimum absolute atomic E-state index is 0.137. The van der Waals surface area contributed by atoms with Crippen LogP contribution in [-0.4, -0.2) is 40.8 Å². The van der Waals surface area contributed by atoms with Gasteiger partial charge in [0, 0.05) is 26.2 Å². The molecule has 0 saturated heterocycles. The fourth-order valence-corrected chi connectivity index (χ4v) is 2.75. The maximum atomic E-state index is 12.8. The molecule has 0 aliphatic heterocycles. The van der Waals surface area contributed by atoms with Crippen molar-refractivity contribution < 1.29 is 14.0 Å². The number of rotatable bonds is 4. The second-order valence-electron chi connectivity index (χ2n) is 5.88. The van der Waals surface area contributed by atoms with Crippen LogP contribution in [0.15, 0.2) is 39.8 Å². The third-order valence-electron chi connectivity index (χ3n) is 4.09. The number of hydrogen-bond donors (Lipinski definition) is 2. The number of furan rings is 1. The monoisotopic (exact) mass is 354 g/mol. The predicted molar refractivity (Wildman–Crippen MR) is 95.0 cm³/mol. The molecule has 0 aliphatic carbocycles. The number of carbonyl (C=O) groups is 2. The smallest absolute Gasteiger partial charge is 0.262 e. The number of aromatic amines is 1. The van der Waals surface area contributed by atoms with Crippen molar-refractivity contribution in [1.82, 2.24) is 20.2 Å². The first kappa shape index (κ1) is 17.4. The number of H-pyrrole nitrogens is 1. The number of carbonyl (C=O) groups excluding carboxylic acids is 2. The molecule has 2 amide bonds. The fourth-order valence-electron chi connectivity index (χ4n) is 2.75. The summed E-state index contributed by atoms with van der Waals surface area (Å²) in [6, 6.07) is 6.95. The molecular formula is C18H18N4O4. The summed E-state index contributed by atoms with van der Waals surface area (Å²) in [4.78, 5) is 44.4. The predicted octanol–water partition coefficient (Wildman–Crippen LogP) is 1.46. The SMILES string of the molecule is CNC(=O)c1ccc(CN(C)C(=O)c2c(C)oc3nc[nH]c(=O)c23)cc1. The maximum Gasteiger partial charge on any atom is 0.262 e. The maximum absolute atomic E-state index is 12.8. The molecule has 0 aliphatic rings. The molecule has 134 valence electrons. The highest BCUT2D eigenvalue weighted by Gasteiger charge is 2.24. The van der Waals surface area contributed by atoms with Crippen LogP contribution in [0.3, 0.4) is 0 Å². The summed E-state index contributed by atoms with van der Waals surface area (Å²) < 4.78 is 5.43. The lowest BCUT2D eigenvalue weighted by Gasteiger charge is -2.17. The van der Waals surface area contributed by atoms with Crippen LogP contribution >= 0.6 is 0 Å². The topological polar surface area (TPSA) is 108 Å². The van der Waals surface area contributed by atoms with Crippen LogP contribution in [0.4, 0.5) is 0 Å². The van der Waals surface area contributed by atoms with Gasteiger partial charge in [-0.2, -0.15) is 0 Å². The Morgan fingerprint density at radius 2 is 1.96 bits per heavy atom. The van der Waals surface area contributed by atoms with E-state index >= 15 is 0 Å². The van der Waals surface area contributed by atoms with E-state index in [1.807, 2.05) is 0 Å². The van der Waals surface area contributed by atoms with Gasteiger partial charge in [-0.3, -0.25) is 14.4 Å². The van der Waals surface area contributed by atoms with Crippen LogP contribution < -0.4 is 10.9 Å². The molecule has 2 N–H and O–H groups in total. The largest absolute Gasteiger partial charge is 0.442 e. The third kappa shape index (κ3) is 3.08. The number of nitrogens with zero attached hydrogens (tertiary/aromatic N) is 2. The van der Waals surface area contributed by atoms with E-state index in [9.17, 15) is 14.4 Å². The molecular weight excluding hydrogens is 336 g/mol. The molecule has 0 bridgehead atoms. The molecule has 2 aromatic heterocycles. The van der Waals surface area contributed by atoms with Crippen molar-refractivity contribution >= 4 is 22.9 Å². The number of fused-ring (bicyclic) bond motifs is 1. The molecule has 0 unspecified atom stereocenters. The summed E-state index contributed by atoms with van der Waals surface area (Å²) in [5.74, 6) is -0.167. The summed E-state index contributed by atoms with van der Waals surface area (Å²) >= 11 is 0. The average molecular weight is 354 g/mol. The van der Waals surface area contributed by atoms with Crippen molar-refractivity contribution in [3.05, 3.63) is 63.4 Å². The van der Waals surface area contributed by atoms with Gasteiger partial charge in [0.25, 0.3) is 17.4 Å². The molecule has 0 atom stereocenters. The Morgan fingerprint density at radius 1 is 1.27 bits per heavy atom. The Morgan fingerprint density at radius 3 is 2.62 bits per heavy atom. The lowest BCUT2D eigenvalue weighted by Crippen LogP contribution is -2.27. The second-order valence-corrected chi connectivity index (χ2v) is 5.88. The molecule has 0 saturated carbocycles. The van der Waals surface area contributed by atoms with Gasteiger partial charge in [0.05, 0.1) is 11.9 Å². The molecule has 0 radical (unpaired) electrons. The van der Waals surface area contributed by atoms with Gasteiger partial charge >= 0.3 is 0 Å². The van der Waals surface area contributed by atoms with Crippen LogP contribution in [0.1, 0.15) is 32.0 Å². The van der Waals surface area contributed by atoms with Gasteiger partial charge in [-0.25, -0.2) is 4.98 Å². The van der Waals surface area contributed by atoms with Gasteiger partial charge in [0.15, 0.2) is 0 Å². The van der Waals surface area contributed by atoms with E-state index in [-0.39, 0.29) is 28.5 Å². The number of aromatic nitrogens is 2. The lowest BCUT2D eigenvalue weighted by atomic mass is 10.1. The Bertz CT molecular complexity index is 1030. The summed E-state index contributed by atoms with van der Waals surface area (Å²) in [7, 11) is 3.20. The van der Waals surface area contributed by atoms with Crippen molar-refractivity contribution in [3.63, 3.8) is 0 Å². The number of nitrogens with one attached hydrogen (secondary N) is 2. The zero-order chi connectivity index (χ0) is 18.8. The van der Waals surface area contributed by atoms with Crippen molar-refractivity contribution in [3.8, 4) is 0 Å². The van der Waals surface area contributed by atoms with E-state index in [1.54, 1.807) is 45.3 Å². The molecule has 8 heteroatoms. The van der Waals surface area contributed by atoms with Gasteiger partial charge in [0.2, 0.25) is 5.71 Å². The fraction of sp³-hybridized carbons (Fsp3) is 0.222. The lowest BCUT2D eigenvalue weighted by molar-refractivity contribution is 0.0784. The van der Waals surface area contributed by atoms with E-state index in [1.165, 1.54) is 11.2 Å². The van der Waals surface area contributed by atoms with E-state index in [0.717, 1.165) is 5.56 Å². The molecule has 2 heterocycles. The van der Waals surface area contributed by atoms with Crippen LogP contribution in [0, 0.1) is 6.92 Å². The summed E-state index contributed by atoms with van der Waals surface area (Å²) in [5.41, 5.74) is 1.32. The first-order valence-electron chi connectivity index (χ1n) is 7.95. The van der Waals surface area contributed by atoms with Crippen LogP contribution in [0.25, 0.3) is 11.1 Å². The van der Waals surface area contributed by atoms with E-state index in [4.69, 9.17) is 4.42 Å². The van der Waals surface area contributed by atoms with Crippen LogP contribution in [0.2, 0.25) is 0 Å². The summed E-state index contributed by atoms with van der Waals surface area (Å²) in [6.07, 6.45) is 1.24. The van der Waals surface area contributed by atoms with Gasteiger partial charge in [-0.1, -0.05) is 12.1 Å². The van der Waals surface area contributed by atoms with Crippen LogP contribution in [-0.2, 0) is 6.54 Å². The number of aryl methyl sites for hydroxylation is 1. The van der Waals surface area contributed by atoms with Gasteiger partial charge < -0.3 is 19.6 Å². The van der Waals surface area contributed by atoms with Gasteiger partial charge in [-0.15, -0.1) is 0 Å².